The van der Waals surface area contributed by atoms with Crippen molar-refractivity contribution >= 4 is 11.9 Å². The molecule has 0 aliphatic carbocycles. The number of rotatable bonds is 10. The molecule has 0 radical (unpaired) electrons. The van der Waals surface area contributed by atoms with Gasteiger partial charge in [-0.25, -0.2) is 9.59 Å². The molecular formula is C25H30O4. The molecule has 0 bridgehead atoms. The van der Waals surface area contributed by atoms with Crippen LogP contribution in [0.1, 0.15) is 27.7 Å². The number of hydrogen-bond acceptors (Lipinski definition) is 3. The first-order valence-electron chi connectivity index (χ1n) is 9.13. The van der Waals surface area contributed by atoms with E-state index in [1.54, 1.807) is 12.2 Å². The molecule has 154 valence electrons. The van der Waals surface area contributed by atoms with Gasteiger partial charge < -0.3 is 9.84 Å². The number of methoxy groups -OCH3 is 1. The second-order valence-corrected chi connectivity index (χ2v) is 6.27. The molecule has 0 atom stereocenters. The van der Waals surface area contributed by atoms with E-state index in [1.165, 1.54) is 13.2 Å². The average Bonchev–Trinajstić information content (AvgIpc) is 2.67. The monoisotopic (exact) mass is 394 g/mol. The number of carboxylic acid groups (broad SMARTS) is 1. The number of carbonyl (C=O) groups is 2. The van der Waals surface area contributed by atoms with Crippen LogP contribution in [-0.4, -0.2) is 24.2 Å². The highest BCUT2D eigenvalue weighted by molar-refractivity contribution is 5.82. The summed E-state index contributed by atoms with van der Waals surface area (Å²) >= 11 is 0. The van der Waals surface area contributed by atoms with Gasteiger partial charge in [-0.05, 0) is 27.7 Å². The smallest absolute Gasteiger partial charge is 0.330 e. The molecule has 4 nitrogen and oxygen atoms in total. The van der Waals surface area contributed by atoms with E-state index >= 15 is 0 Å². The Labute approximate surface area is 174 Å². The summed E-state index contributed by atoms with van der Waals surface area (Å²) < 4.78 is 4.54. The Kier molecular flexibility index (Phi) is 13.8. The first kappa shape index (κ1) is 25.6. The molecule has 0 fully saturated rings. The first-order chi connectivity index (χ1) is 13.7. The van der Waals surface area contributed by atoms with E-state index in [4.69, 9.17) is 5.11 Å². The van der Waals surface area contributed by atoms with Gasteiger partial charge in [-0.15, -0.1) is 0 Å². The Balaban J connectivity index is 4.67. The summed E-state index contributed by atoms with van der Waals surface area (Å²) in [5.41, 5.74) is 3.98. The van der Waals surface area contributed by atoms with E-state index in [0.717, 1.165) is 28.4 Å². The predicted molar refractivity (Wildman–Crippen MR) is 120 cm³/mol. The molecule has 0 rings (SSSR count). The first-order valence-corrected chi connectivity index (χ1v) is 9.13. The molecule has 0 amide bonds. The van der Waals surface area contributed by atoms with Gasteiger partial charge in [0.25, 0.3) is 0 Å². The Morgan fingerprint density at radius 2 is 0.966 bits per heavy atom. The van der Waals surface area contributed by atoms with Crippen LogP contribution in [0.3, 0.4) is 0 Å². The number of hydrogen-bond donors (Lipinski definition) is 1. The Hall–Kier alpha value is -3.40. The van der Waals surface area contributed by atoms with Crippen molar-refractivity contribution in [1.82, 2.24) is 0 Å². The van der Waals surface area contributed by atoms with E-state index in [9.17, 15) is 9.59 Å². The third-order valence-corrected chi connectivity index (χ3v) is 3.44. The lowest BCUT2D eigenvalue weighted by molar-refractivity contribution is -0.135. The van der Waals surface area contributed by atoms with Crippen LogP contribution in [-0.2, 0) is 14.3 Å². The maximum absolute atomic E-state index is 11.0. The van der Waals surface area contributed by atoms with Gasteiger partial charge in [0, 0.05) is 12.2 Å². The SMILES string of the molecule is COC(=O)\C=C/C(C)=C/C=C\C(C)=C\C=C/C=C(C)\C=C/C=C(C)/C=C\C(=O)O. The van der Waals surface area contributed by atoms with Gasteiger partial charge in [0.05, 0.1) is 7.11 Å². The zero-order valence-corrected chi connectivity index (χ0v) is 17.8. The summed E-state index contributed by atoms with van der Waals surface area (Å²) in [6.07, 6.45) is 25.2. The van der Waals surface area contributed by atoms with Crippen LogP contribution in [0.15, 0.2) is 107 Å². The number of carboxylic acids is 1. The minimum Gasteiger partial charge on any atom is -0.478 e. The largest absolute Gasteiger partial charge is 0.478 e. The van der Waals surface area contributed by atoms with Crippen molar-refractivity contribution in [2.45, 2.75) is 27.7 Å². The van der Waals surface area contributed by atoms with Crippen molar-refractivity contribution in [1.29, 1.82) is 0 Å². The highest BCUT2D eigenvalue weighted by Crippen LogP contribution is 2.02. The fourth-order valence-electron chi connectivity index (χ4n) is 1.81. The Bertz CT molecular complexity index is 823. The van der Waals surface area contributed by atoms with Crippen molar-refractivity contribution in [3.8, 4) is 0 Å². The van der Waals surface area contributed by atoms with Crippen LogP contribution in [0.25, 0.3) is 0 Å². The summed E-state index contributed by atoms with van der Waals surface area (Å²) in [7, 11) is 1.35. The molecule has 0 saturated heterocycles. The van der Waals surface area contributed by atoms with E-state index < -0.39 is 5.97 Å². The number of carbonyl (C=O) groups excluding carboxylic acids is 1. The number of esters is 1. The maximum Gasteiger partial charge on any atom is 0.330 e. The number of aliphatic carboxylic acids is 1. The molecule has 0 aromatic rings. The van der Waals surface area contributed by atoms with E-state index in [2.05, 4.69) is 4.74 Å². The van der Waals surface area contributed by atoms with Crippen molar-refractivity contribution in [3.05, 3.63) is 107 Å². The van der Waals surface area contributed by atoms with E-state index in [1.807, 2.05) is 88.5 Å². The third-order valence-electron chi connectivity index (χ3n) is 3.44. The van der Waals surface area contributed by atoms with Gasteiger partial charge >= 0.3 is 11.9 Å². The maximum atomic E-state index is 11.0. The van der Waals surface area contributed by atoms with E-state index in [-0.39, 0.29) is 5.97 Å². The summed E-state index contributed by atoms with van der Waals surface area (Å²) in [4.78, 5) is 21.5. The molecule has 0 aliphatic rings. The third kappa shape index (κ3) is 16.5. The Morgan fingerprint density at radius 3 is 1.38 bits per heavy atom. The van der Waals surface area contributed by atoms with Crippen LogP contribution >= 0.6 is 0 Å². The number of allylic oxidation sites excluding steroid dienone is 16. The van der Waals surface area contributed by atoms with Crippen molar-refractivity contribution in [2.75, 3.05) is 7.11 Å². The van der Waals surface area contributed by atoms with Gasteiger partial charge in [0.15, 0.2) is 0 Å². The minimum absolute atomic E-state index is 0.373. The molecule has 0 heterocycles. The summed E-state index contributed by atoms with van der Waals surface area (Å²) in [6.45, 7) is 7.74. The fourth-order valence-corrected chi connectivity index (χ4v) is 1.81. The van der Waals surface area contributed by atoms with Gasteiger partial charge in [-0.3, -0.25) is 0 Å². The second kappa shape index (κ2) is 15.6. The van der Waals surface area contributed by atoms with Gasteiger partial charge in [-0.2, -0.15) is 0 Å². The van der Waals surface area contributed by atoms with Crippen LogP contribution in [0.5, 0.6) is 0 Å². The molecule has 0 unspecified atom stereocenters. The molecule has 0 aliphatic heterocycles. The molecule has 0 saturated carbocycles. The standard InChI is InChI=1S/C25H30O4/c1-20(12-8-14-22(3)16-18-24(26)27)10-6-7-11-21(2)13-9-15-23(4)17-19-25(28)29-5/h6-19H,1-5H3,(H,26,27)/b7-6-,12-8-,13-9-,18-16-,19-17-,20-10-,21-11+,22-14+,23-15+. The lowest BCUT2D eigenvalue weighted by Crippen LogP contribution is -1.93. The molecule has 0 aromatic heterocycles. The van der Waals surface area contributed by atoms with Crippen LogP contribution in [0, 0.1) is 0 Å². The molecule has 0 aromatic carbocycles. The molecule has 1 N–H and O–H groups in total. The quantitative estimate of drug-likeness (QED) is 0.288. The minimum atomic E-state index is -0.956. The molecule has 4 heteroatoms. The van der Waals surface area contributed by atoms with Gasteiger partial charge in [0.1, 0.15) is 0 Å². The lowest BCUT2D eigenvalue weighted by atomic mass is 10.2. The second-order valence-electron chi connectivity index (χ2n) is 6.27. The van der Waals surface area contributed by atoms with Crippen molar-refractivity contribution < 1.29 is 19.4 Å². The zero-order valence-electron chi connectivity index (χ0n) is 17.8. The number of ether oxygens (including phenoxy) is 1. The molecule has 29 heavy (non-hydrogen) atoms. The fraction of sp³-hybridized carbons (Fsp3) is 0.200. The van der Waals surface area contributed by atoms with E-state index in [0.29, 0.717) is 0 Å². The topological polar surface area (TPSA) is 63.6 Å². The van der Waals surface area contributed by atoms with Crippen LogP contribution < -0.4 is 0 Å². The summed E-state index contributed by atoms with van der Waals surface area (Å²) in [5, 5.41) is 8.58. The lowest BCUT2D eigenvalue weighted by Gasteiger charge is -1.91. The highest BCUT2D eigenvalue weighted by Gasteiger charge is 1.89. The Morgan fingerprint density at radius 1 is 0.586 bits per heavy atom. The van der Waals surface area contributed by atoms with Crippen molar-refractivity contribution in [3.63, 3.8) is 0 Å². The summed E-state index contributed by atoms with van der Waals surface area (Å²) in [6, 6.07) is 0. The van der Waals surface area contributed by atoms with Crippen LogP contribution in [0.4, 0.5) is 0 Å². The summed E-state index contributed by atoms with van der Waals surface area (Å²) in [5.74, 6) is -1.33. The zero-order chi connectivity index (χ0) is 22.1. The normalized spacial score (nSPS) is 14.9. The molecular weight excluding hydrogens is 364 g/mol. The highest BCUT2D eigenvalue weighted by atomic mass is 16.5. The van der Waals surface area contributed by atoms with Gasteiger partial charge in [-0.1, -0.05) is 95.2 Å². The average molecular weight is 395 g/mol. The molecule has 0 spiro atoms. The van der Waals surface area contributed by atoms with Crippen molar-refractivity contribution in [2.24, 2.45) is 0 Å². The predicted octanol–water partition coefficient (Wildman–Crippen LogP) is 5.81. The van der Waals surface area contributed by atoms with Gasteiger partial charge in [0.2, 0.25) is 0 Å². The van der Waals surface area contributed by atoms with Crippen LogP contribution in [0.2, 0.25) is 0 Å².